The van der Waals surface area contributed by atoms with Gasteiger partial charge in [-0.3, -0.25) is 4.79 Å². The van der Waals surface area contributed by atoms with E-state index >= 15 is 0 Å². The van der Waals surface area contributed by atoms with Crippen molar-refractivity contribution in [1.29, 1.82) is 0 Å². The van der Waals surface area contributed by atoms with Gasteiger partial charge in [0.2, 0.25) is 5.91 Å². The predicted octanol–water partition coefficient (Wildman–Crippen LogP) is 1.85. The lowest BCUT2D eigenvalue weighted by atomic mass is 10.2. The summed E-state index contributed by atoms with van der Waals surface area (Å²) in [5.41, 5.74) is 2.11. The first-order valence-electron chi connectivity index (χ1n) is 5.47. The van der Waals surface area contributed by atoms with E-state index in [4.69, 9.17) is 9.52 Å². The van der Waals surface area contributed by atoms with E-state index in [1.165, 1.54) is 0 Å². The van der Waals surface area contributed by atoms with Crippen LogP contribution in [0.3, 0.4) is 0 Å². The maximum absolute atomic E-state index is 11.4. The molecule has 0 unspecified atom stereocenters. The van der Waals surface area contributed by atoms with E-state index in [0.717, 1.165) is 5.52 Å². The van der Waals surface area contributed by atoms with Gasteiger partial charge >= 0.3 is 0 Å². The van der Waals surface area contributed by atoms with Gasteiger partial charge in [0.15, 0.2) is 11.5 Å². The number of benzene rings is 1. The standard InChI is InChI=1S/C12H14N2O3/c1-8-13-10-5-4-9(7-11(10)17-8)14-12(16)3-2-6-15/h4-5,7,15H,2-3,6H2,1H3,(H,14,16). The van der Waals surface area contributed by atoms with Crippen molar-refractivity contribution in [3.8, 4) is 0 Å². The third-order valence-corrected chi connectivity index (χ3v) is 2.34. The summed E-state index contributed by atoms with van der Waals surface area (Å²) in [6.45, 7) is 1.80. The van der Waals surface area contributed by atoms with Crippen LogP contribution in [-0.2, 0) is 4.79 Å². The third kappa shape index (κ3) is 2.82. The summed E-state index contributed by atoms with van der Waals surface area (Å²) >= 11 is 0. The van der Waals surface area contributed by atoms with Crippen LogP contribution in [0.15, 0.2) is 22.6 Å². The van der Waals surface area contributed by atoms with Crippen molar-refractivity contribution < 1.29 is 14.3 Å². The first kappa shape index (κ1) is 11.6. The Kier molecular flexibility index (Phi) is 3.39. The minimum Gasteiger partial charge on any atom is -0.441 e. The van der Waals surface area contributed by atoms with Gasteiger partial charge in [0, 0.05) is 31.7 Å². The van der Waals surface area contributed by atoms with Crippen molar-refractivity contribution in [2.75, 3.05) is 11.9 Å². The Balaban J connectivity index is 2.10. The minimum absolute atomic E-state index is 0.0216. The van der Waals surface area contributed by atoms with Crippen molar-refractivity contribution in [3.63, 3.8) is 0 Å². The van der Waals surface area contributed by atoms with Gasteiger partial charge in [-0.2, -0.15) is 0 Å². The molecule has 2 aromatic rings. The molecular formula is C12H14N2O3. The van der Waals surface area contributed by atoms with Gasteiger partial charge in [0.1, 0.15) is 5.52 Å². The van der Waals surface area contributed by atoms with Crippen LogP contribution in [0.4, 0.5) is 5.69 Å². The molecule has 1 aromatic heterocycles. The zero-order valence-corrected chi connectivity index (χ0v) is 9.56. The summed E-state index contributed by atoms with van der Waals surface area (Å²) in [6.07, 6.45) is 0.777. The van der Waals surface area contributed by atoms with Crippen LogP contribution in [0.2, 0.25) is 0 Å². The van der Waals surface area contributed by atoms with Gasteiger partial charge in [-0.05, 0) is 18.6 Å². The maximum atomic E-state index is 11.4. The zero-order chi connectivity index (χ0) is 12.3. The number of nitrogens with one attached hydrogen (secondary N) is 1. The topological polar surface area (TPSA) is 75.4 Å². The molecule has 1 amide bonds. The number of hydrogen-bond acceptors (Lipinski definition) is 4. The molecule has 0 fully saturated rings. The highest BCUT2D eigenvalue weighted by Crippen LogP contribution is 2.19. The van der Waals surface area contributed by atoms with Crippen molar-refractivity contribution in [3.05, 3.63) is 24.1 Å². The minimum atomic E-state index is -0.116. The van der Waals surface area contributed by atoms with Crippen molar-refractivity contribution in [2.45, 2.75) is 19.8 Å². The molecule has 5 heteroatoms. The molecular weight excluding hydrogens is 220 g/mol. The highest BCUT2D eigenvalue weighted by molar-refractivity contribution is 5.92. The van der Waals surface area contributed by atoms with Crippen molar-refractivity contribution >= 4 is 22.7 Å². The molecule has 0 atom stereocenters. The molecule has 0 saturated carbocycles. The molecule has 17 heavy (non-hydrogen) atoms. The lowest BCUT2D eigenvalue weighted by molar-refractivity contribution is -0.116. The van der Waals surface area contributed by atoms with E-state index in [-0.39, 0.29) is 12.5 Å². The van der Waals surface area contributed by atoms with Gasteiger partial charge in [-0.1, -0.05) is 0 Å². The number of carbonyl (C=O) groups is 1. The number of aromatic nitrogens is 1. The average molecular weight is 234 g/mol. The van der Waals surface area contributed by atoms with Gasteiger partial charge < -0.3 is 14.8 Å². The SMILES string of the molecule is Cc1nc2ccc(NC(=O)CCCO)cc2o1. The number of fused-ring (bicyclic) bond motifs is 1. The number of rotatable bonds is 4. The number of carbonyl (C=O) groups excluding carboxylic acids is 1. The van der Waals surface area contributed by atoms with Gasteiger partial charge in [0.25, 0.3) is 0 Å². The van der Waals surface area contributed by atoms with Crippen LogP contribution < -0.4 is 5.32 Å². The number of aryl methyl sites for hydroxylation is 1. The number of aliphatic hydroxyl groups excluding tert-OH is 1. The molecule has 0 saturated heterocycles. The number of nitrogens with zero attached hydrogens (tertiary/aromatic N) is 1. The van der Waals surface area contributed by atoms with Crippen LogP contribution in [0.25, 0.3) is 11.1 Å². The Morgan fingerprint density at radius 2 is 2.35 bits per heavy atom. The van der Waals surface area contributed by atoms with Crippen LogP contribution in [0, 0.1) is 6.92 Å². The summed E-state index contributed by atoms with van der Waals surface area (Å²) in [7, 11) is 0. The largest absolute Gasteiger partial charge is 0.441 e. The average Bonchev–Trinajstić information content (AvgIpc) is 2.65. The number of aliphatic hydroxyl groups is 1. The number of hydrogen-bond donors (Lipinski definition) is 2. The van der Waals surface area contributed by atoms with E-state index in [1.807, 2.05) is 0 Å². The third-order valence-electron chi connectivity index (χ3n) is 2.34. The molecule has 0 aliphatic carbocycles. The highest BCUT2D eigenvalue weighted by Gasteiger charge is 2.05. The Labute approximate surface area is 98.5 Å². The Morgan fingerprint density at radius 1 is 1.53 bits per heavy atom. The van der Waals surface area contributed by atoms with Crippen molar-refractivity contribution in [2.24, 2.45) is 0 Å². The summed E-state index contributed by atoms with van der Waals surface area (Å²) in [5.74, 6) is 0.485. The second-order valence-corrected chi connectivity index (χ2v) is 3.79. The van der Waals surface area contributed by atoms with E-state index in [2.05, 4.69) is 10.3 Å². The molecule has 90 valence electrons. The van der Waals surface area contributed by atoms with Crippen LogP contribution in [0.5, 0.6) is 0 Å². The van der Waals surface area contributed by atoms with Gasteiger partial charge in [-0.25, -0.2) is 4.98 Å². The fraction of sp³-hybridized carbons (Fsp3) is 0.333. The smallest absolute Gasteiger partial charge is 0.224 e. The van der Waals surface area contributed by atoms with E-state index in [0.29, 0.717) is 30.0 Å². The number of amides is 1. The maximum Gasteiger partial charge on any atom is 0.224 e. The monoisotopic (exact) mass is 234 g/mol. The number of oxazole rings is 1. The lowest BCUT2D eigenvalue weighted by Gasteiger charge is -2.03. The van der Waals surface area contributed by atoms with Gasteiger partial charge in [-0.15, -0.1) is 0 Å². The predicted molar refractivity (Wildman–Crippen MR) is 63.7 cm³/mol. The van der Waals surface area contributed by atoms with E-state index in [9.17, 15) is 4.79 Å². The van der Waals surface area contributed by atoms with E-state index in [1.54, 1.807) is 25.1 Å². The first-order chi connectivity index (χ1) is 8.19. The Hall–Kier alpha value is -1.88. The fourth-order valence-electron chi connectivity index (χ4n) is 1.58. The zero-order valence-electron chi connectivity index (χ0n) is 9.56. The molecule has 0 aliphatic rings. The Morgan fingerprint density at radius 3 is 3.12 bits per heavy atom. The molecule has 2 N–H and O–H groups in total. The second kappa shape index (κ2) is 4.97. The lowest BCUT2D eigenvalue weighted by Crippen LogP contribution is -2.11. The molecule has 5 nitrogen and oxygen atoms in total. The summed E-state index contributed by atoms with van der Waals surface area (Å²) in [5, 5.41) is 11.4. The van der Waals surface area contributed by atoms with Crippen LogP contribution in [-0.4, -0.2) is 22.6 Å². The molecule has 0 spiro atoms. The first-order valence-corrected chi connectivity index (χ1v) is 5.47. The summed E-state index contributed by atoms with van der Waals surface area (Å²) in [4.78, 5) is 15.6. The molecule has 0 radical (unpaired) electrons. The van der Waals surface area contributed by atoms with E-state index < -0.39 is 0 Å². The molecule has 2 rings (SSSR count). The molecule has 1 heterocycles. The second-order valence-electron chi connectivity index (χ2n) is 3.79. The van der Waals surface area contributed by atoms with Crippen LogP contribution >= 0.6 is 0 Å². The fourth-order valence-corrected chi connectivity index (χ4v) is 1.58. The van der Waals surface area contributed by atoms with Gasteiger partial charge in [0.05, 0.1) is 0 Å². The highest BCUT2D eigenvalue weighted by atomic mass is 16.3. The Bertz CT molecular complexity index is 534. The normalized spacial score (nSPS) is 10.7. The molecule has 0 bridgehead atoms. The quantitative estimate of drug-likeness (QED) is 0.846. The summed E-state index contributed by atoms with van der Waals surface area (Å²) < 4.78 is 5.37. The molecule has 0 aliphatic heterocycles. The number of anilines is 1. The van der Waals surface area contributed by atoms with Crippen molar-refractivity contribution in [1.82, 2.24) is 4.98 Å². The summed E-state index contributed by atoms with van der Waals surface area (Å²) in [6, 6.07) is 5.32. The van der Waals surface area contributed by atoms with Crippen LogP contribution in [0.1, 0.15) is 18.7 Å². The molecule has 1 aromatic carbocycles.